The summed E-state index contributed by atoms with van der Waals surface area (Å²) >= 11 is 0. The molecule has 10 heteroatoms. The van der Waals surface area contributed by atoms with Crippen molar-refractivity contribution in [3.8, 4) is 0 Å². The monoisotopic (exact) mass is 554 g/mol. The van der Waals surface area contributed by atoms with Crippen LogP contribution in [0.2, 0.25) is 0 Å². The van der Waals surface area contributed by atoms with Crippen LogP contribution in [0, 0.1) is 19.8 Å². The van der Waals surface area contributed by atoms with Crippen molar-refractivity contribution < 1.29 is 13.2 Å². The van der Waals surface area contributed by atoms with Gasteiger partial charge in [0.1, 0.15) is 5.76 Å². The molecule has 1 aromatic rings. The third-order valence-corrected chi connectivity index (χ3v) is 6.25. The van der Waals surface area contributed by atoms with Crippen LogP contribution in [0.4, 0.5) is 8.78 Å². The second-order valence-electron chi connectivity index (χ2n) is 8.53. The van der Waals surface area contributed by atoms with Crippen LogP contribution in [0.3, 0.4) is 0 Å². The molecule has 0 amide bonds. The summed E-state index contributed by atoms with van der Waals surface area (Å²) in [7, 11) is 1.78. The van der Waals surface area contributed by atoms with Crippen molar-refractivity contribution in [3.05, 3.63) is 17.3 Å². The minimum atomic E-state index is -2.25. The van der Waals surface area contributed by atoms with Gasteiger partial charge in [0.25, 0.3) is 6.43 Å². The van der Waals surface area contributed by atoms with E-state index in [1.54, 1.807) is 7.05 Å². The molecule has 0 saturated carbocycles. The first-order chi connectivity index (χ1) is 14.4. The van der Waals surface area contributed by atoms with E-state index < -0.39 is 6.43 Å². The number of rotatable bonds is 7. The Labute approximate surface area is 201 Å². The minimum Gasteiger partial charge on any atom is -0.444 e. The molecule has 3 rings (SSSR count). The lowest BCUT2D eigenvalue weighted by Crippen LogP contribution is -2.50. The minimum absolute atomic E-state index is 0. The first-order valence-electron chi connectivity index (χ1n) is 11.1. The fourth-order valence-electron chi connectivity index (χ4n) is 4.23. The van der Waals surface area contributed by atoms with Crippen LogP contribution < -0.4 is 10.6 Å². The van der Waals surface area contributed by atoms with Gasteiger partial charge in [-0.25, -0.2) is 13.8 Å². The van der Waals surface area contributed by atoms with E-state index in [1.807, 2.05) is 18.7 Å². The maximum absolute atomic E-state index is 12.5. The zero-order valence-electron chi connectivity index (χ0n) is 18.9. The lowest BCUT2D eigenvalue weighted by molar-refractivity contribution is 0.0744. The highest BCUT2D eigenvalue weighted by atomic mass is 127. The lowest BCUT2D eigenvalue weighted by Gasteiger charge is -2.34. The van der Waals surface area contributed by atoms with Crippen molar-refractivity contribution in [2.45, 2.75) is 58.5 Å². The summed E-state index contributed by atoms with van der Waals surface area (Å²) in [6.07, 6.45) is 1.75. The van der Waals surface area contributed by atoms with E-state index in [4.69, 9.17) is 4.42 Å². The molecule has 2 N–H and O–H groups in total. The highest BCUT2D eigenvalue weighted by Gasteiger charge is 2.23. The molecule has 0 radical (unpaired) electrons. The Morgan fingerprint density at radius 3 is 2.32 bits per heavy atom. The van der Waals surface area contributed by atoms with Gasteiger partial charge in [0.15, 0.2) is 5.96 Å². The van der Waals surface area contributed by atoms with E-state index in [2.05, 4.69) is 25.5 Å². The Kier molecular flexibility index (Phi) is 10.9. The summed E-state index contributed by atoms with van der Waals surface area (Å²) in [5, 5.41) is 6.92. The Balaban J connectivity index is 0.00000341. The average Bonchev–Trinajstić information content (AvgIpc) is 3.04. The topological polar surface area (TPSA) is 68.9 Å². The van der Waals surface area contributed by atoms with Gasteiger partial charge in [-0.05, 0) is 58.5 Å². The number of nitrogens with zero attached hydrogens (tertiary/aromatic N) is 4. The normalized spacial score (nSPS) is 20.1. The van der Waals surface area contributed by atoms with Gasteiger partial charge in [0.2, 0.25) is 5.89 Å². The summed E-state index contributed by atoms with van der Waals surface area (Å²) in [6, 6.07) is 0.291. The van der Waals surface area contributed by atoms with Crippen LogP contribution in [0.25, 0.3) is 0 Å². The third kappa shape index (κ3) is 8.45. The van der Waals surface area contributed by atoms with Crippen molar-refractivity contribution >= 4 is 29.9 Å². The van der Waals surface area contributed by atoms with E-state index in [1.165, 1.54) is 0 Å². The molecular weight excluding hydrogens is 517 g/mol. The first-order valence-corrected chi connectivity index (χ1v) is 11.1. The summed E-state index contributed by atoms with van der Waals surface area (Å²) in [5.41, 5.74) is 0.975. The van der Waals surface area contributed by atoms with Gasteiger partial charge in [-0.1, -0.05) is 0 Å². The smallest absolute Gasteiger partial charge is 0.251 e. The van der Waals surface area contributed by atoms with Crippen LogP contribution in [0.15, 0.2) is 9.41 Å². The van der Waals surface area contributed by atoms with Gasteiger partial charge in [-0.2, -0.15) is 0 Å². The number of alkyl halides is 2. The quantitative estimate of drug-likeness (QED) is 0.307. The average molecular weight is 554 g/mol. The van der Waals surface area contributed by atoms with Crippen molar-refractivity contribution in [1.29, 1.82) is 0 Å². The summed E-state index contributed by atoms with van der Waals surface area (Å²) in [6.45, 7) is 9.00. The summed E-state index contributed by atoms with van der Waals surface area (Å²) in [4.78, 5) is 13.1. The van der Waals surface area contributed by atoms with Crippen molar-refractivity contribution in [1.82, 2.24) is 25.4 Å². The molecule has 2 aliphatic heterocycles. The molecule has 2 aliphatic rings. The number of aromatic nitrogens is 1. The lowest BCUT2D eigenvalue weighted by atomic mass is 9.97. The predicted octanol–water partition coefficient (Wildman–Crippen LogP) is 3.02. The van der Waals surface area contributed by atoms with E-state index in [0.717, 1.165) is 75.2 Å². The van der Waals surface area contributed by atoms with E-state index >= 15 is 0 Å². The fraction of sp³-hybridized carbons (Fsp3) is 0.810. The molecule has 7 nitrogen and oxygen atoms in total. The van der Waals surface area contributed by atoms with E-state index in [9.17, 15) is 8.78 Å². The Bertz CT molecular complexity index is 666. The molecule has 2 saturated heterocycles. The van der Waals surface area contributed by atoms with Crippen molar-refractivity contribution in [2.24, 2.45) is 10.9 Å². The zero-order valence-corrected chi connectivity index (χ0v) is 21.2. The molecule has 0 spiro atoms. The Morgan fingerprint density at radius 1 is 1.13 bits per heavy atom. The fourth-order valence-corrected chi connectivity index (χ4v) is 4.23. The highest BCUT2D eigenvalue weighted by molar-refractivity contribution is 14.0. The van der Waals surface area contributed by atoms with Gasteiger partial charge in [0, 0.05) is 32.7 Å². The highest BCUT2D eigenvalue weighted by Crippen LogP contribution is 2.19. The van der Waals surface area contributed by atoms with Crippen LogP contribution in [-0.2, 0) is 6.54 Å². The number of hydrogen-bond acceptors (Lipinski definition) is 5. The largest absolute Gasteiger partial charge is 0.444 e. The molecule has 0 atom stereocenters. The predicted molar refractivity (Wildman–Crippen MR) is 129 cm³/mol. The van der Waals surface area contributed by atoms with Crippen LogP contribution in [0.1, 0.15) is 43.0 Å². The summed E-state index contributed by atoms with van der Waals surface area (Å²) < 4.78 is 30.7. The van der Waals surface area contributed by atoms with E-state index in [-0.39, 0.29) is 30.5 Å². The second kappa shape index (κ2) is 12.9. The molecule has 178 valence electrons. The van der Waals surface area contributed by atoms with Gasteiger partial charge in [0.05, 0.1) is 18.8 Å². The molecular formula is C21H37F2IN6O. The molecule has 0 aliphatic carbocycles. The number of halogens is 3. The molecule has 3 heterocycles. The molecule has 2 fully saturated rings. The number of oxazole rings is 1. The van der Waals surface area contributed by atoms with Crippen LogP contribution in [0.5, 0.6) is 0 Å². The molecule has 31 heavy (non-hydrogen) atoms. The van der Waals surface area contributed by atoms with Crippen molar-refractivity contribution in [2.75, 3.05) is 46.3 Å². The number of likely N-dealkylation sites (tertiary alicyclic amines) is 2. The van der Waals surface area contributed by atoms with Gasteiger partial charge in [-0.15, -0.1) is 24.0 Å². The van der Waals surface area contributed by atoms with Gasteiger partial charge < -0.3 is 15.1 Å². The number of aryl methyl sites for hydroxylation is 2. The number of guanidine groups is 1. The molecule has 1 aromatic heterocycles. The number of aliphatic imine (C=N–C) groups is 1. The SMILES string of the molecule is CN=C(NCC1CCN(Cc2nc(C)c(C)o2)CC1)NC1CCN(CC(F)F)CC1.I. The van der Waals surface area contributed by atoms with Crippen molar-refractivity contribution in [3.63, 3.8) is 0 Å². The third-order valence-electron chi connectivity index (χ3n) is 6.25. The Morgan fingerprint density at radius 2 is 1.77 bits per heavy atom. The maximum atomic E-state index is 12.5. The zero-order chi connectivity index (χ0) is 21.5. The van der Waals surface area contributed by atoms with Gasteiger partial charge in [-0.3, -0.25) is 14.8 Å². The van der Waals surface area contributed by atoms with Crippen LogP contribution >= 0.6 is 24.0 Å². The number of nitrogens with one attached hydrogen (secondary N) is 2. The number of hydrogen-bond donors (Lipinski definition) is 2. The second-order valence-corrected chi connectivity index (χ2v) is 8.53. The Hall–Kier alpha value is -1.01. The number of piperidine rings is 2. The molecule has 0 aromatic carbocycles. The first kappa shape index (κ1) is 26.2. The molecule has 0 unspecified atom stereocenters. The van der Waals surface area contributed by atoms with E-state index in [0.29, 0.717) is 25.0 Å². The molecule has 0 bridgehead atoms. The van der Waals surface area contributed by atoms with Crippen LogP contribution in [-0.4, -0.2) is 79.5 Å². The van der Waals surface area contributed by atoms with Gasteiger partial charge >= 0.3 is 0 Å². The summed E-state index contributed by atoms with van der Waals surface area (Å²) in [5.74, 6) is 3.14. The standard InChI is InChI=1S/C21H36F2N6O.HI/c1-15-16(2)30-20(26-15)14-29-8-4-17(5-9-29)12-25-21(24-3)27-18-6-10-28(11-7-18)13-19(22)23;/h17-19H,4-14H2,1-3H3,(H2,24,25,27);1H. The maximum Gasteiger partial charge on any atom is 0.251 e.